The Balaban J connectivity index is 2.36. The van der Waals surface area contributed by atoms with Gasteiger partial charge in [-0.05, 0) is 35.9 Å². The second-order valence-corrected chi connectivity index (χ2v) is 4.70. The summed E-state index contributed by atoms with van der Waals surface area (Å²) in [5, 5.41) is 0.567. The van der Waals surface area contributed by atoms with Gasteiger partial charge in [0, 0.05) is 21.7 Å². The van der Waals surface area contributed by atoms with Crippen LogP contribution in [0.2, 0.25) is 5.02 Å². The smallest absolute Gasteiger partial charge is 0.248 e. The minimum atomic E-state index is -0.610. The van der Waals surface area contributed by atoms with Crippen molar-refractivity contribution in [3.63, 3.8) is 0 Å². The fourth-order valence-electron chi connectivity index (χ4n) is 1.76. The zero-order valence-corrected chi connectivity index (χ0v) is 11.4. The summed E-state index contributed by atoms with van der Waals surface area (Å²) in [7, 11) is 0. The fourth-order valence-corrected chi connectivity index (χ4v) is 1.88. The topological polar surface area (TPSA) is 60.2 Å². The molecule has 4 heteroatoms. The van der Waals surface area contributed by atoms with E-state index in [0.29, 0.717) is 21.7 Å². The molecule has 2 N–H and O–H groups in total. The largest absolute Gasteiger partial charge is 0.366 e. The predicted octanol–water partition coefficient (Wildman–Crippen LogP) is 3.07. The maximum absolute atomic E-state index is 12.3. The molecule has 0 spiro atoms. The monoisotopic (exact) mass is 285 g/mol. The second-order valence-electron chi connectivity index (χ2n) is 4.26. The van der Waals surface area contributed by atoms with Crippen molar-refractivity contribution < 1.29 is 9.59 Å². The van der Waals surface area contributed by atoms with Gasteiger partial charge >= 0.3 is 0 Å². The van der Waals surface area contributed by atoms with Crippen molar-refractivity contribution >= 4 is 28.9 Å². The van der Waals surface area contributed by atoms with Gasteiger partial charge in [0.2, 0.25) is 5.91 Å². The average Bonchev–Trinajstić information content (AvgIpc) is 2.46. The first-order valence-electron chi connectivity index (χ1n) is 5.88. The van der Waals surface area contributed by atoms with Crippen LogP contribution < -0.4 is 5.73 Å². The number of halogens is 1. The highest BCUT2D eigenvalue weighted by Gasteiger charge is 2.11. The van der Waals surface area contributed by atoms with Crippen molar-refractivity contribution in [3.8, 4) is 0 Å². The standard InChI is InChI=1S/C16H12ClNO2/c1-10(16(18)20)12-3-2-4-13(9-12)15(19)11-5-7-14(17)8-6-11/h2-9H,1H2,(H2,18,20). The van der Waals surface area contributed by atoms with Gasteiger partial charge in [0.05, 0.1) is 0 Å². The fraction of sp³-hybridized carbons (Fsp3) is 0. The molecule has 0 saturated heterocycles. The minimum absolute atomic E-state index is 0.152. The van der Waals surface area contributed by atoms with Gasteiger partial charge in [-0.1, -0.05) is 36.4 Å². The molecule has 0 atom stereocenters. The first-order valence-corrected chi connectivity index (χ1v) is 6.26. The van der Waals surface area contributed by atoms with E-state index in [0.717, 1.165) is 0 Å². The van der Waals surface area contributed by atoms with Gasteiger partial charge in [-0.3, -0.25) is 9.59 Å². The summed E-state index contributed by atoms with van der Waals surface area (Å²) in [4.78, 5) is 23.4. The first-order chi connectivity index (χ1) is 9.49. The summed E-state index contributed by atoms with van der Waals surface area (Å²) in [6.07, 6.45) is 0. The highest BCUT2D eigenvalue weighted by Crippen LogP contribution is 2.18. The Morgan fingerprint density at radius 3 is 2.15 bits per heavy atom. The SMILES string of the molecule is C=C(C(N)=O)c1cccc(C(=O)c2ccc(Cl)cc2)c1. The van der Waals surface area contributed by atoms with Gasteiger partial charge in [-0.15, -0.1) is 0 Å². The van der Waals surface area contributed by atoms with Gasteiger partial charge < -0.3 is 5.73 Å². The van der Waals surface area contributed by atoms with E-state index in [-0.39, 0.29) is 11.4 Å². The van der Waals surface area contributed by atoms with Crippen LogP contribution in [-0.2, 0) is 4.79 Å². The van der Waals surface area contributed by atoms with Gasteiger partial charge in [-0.2, -0.15) is 0 Å². The van der Waals surface area contributed by atoms with E-state index < -0.39 is 5.91 Å². The summed E-state index contributed by atoms with van der Waals surface area (Å²) in [6, 6.07) is 13.3. The Morgan fingerprint density at radius 1 is 0.950 bits per heavy atom. The highest BCUT2D eigenvalue weighted by molar-refractivity contribution is 6.30. The Kier molecular flexibility index (Phi) is 4.01. The predicted molar refractivity (Wildman–Crippen MR) is 79.6 cm³/mol. The molecule has 0 aliphatic heterocycles. The Bertz CT molecular complexity index is 690. The summed E-state index contributed by atoms with van der Waals surface area (Å²) in [5.74, 6) is -0.762. The van der Waals surface area contributed by atoms with Crippen LogP contribution in [0, 0.1) is 0 Å². The molecule has 0 aliphatic carbocycles. The number of hydrogen-bond donors (Lipinski definition) is 1. The third-order valence-corrected chi connectivity index (χ3v) is 3.13. The highest BCUT2D eigenvalue weighted by atomic mass is 35.5. The van der Waals surface area contributed by atoms with Crippen LogP contribution in [0.15, 0.2) is 55.1 Å². The number of hydrogen-bond acceptors (Lipinski definition) is 2. The van der Waals surface area contributed by atoms with Crippen molar-refractivity contribution in [3.05, 3.63) is 76.8 Å². The number of amides is 1. The summed E-state index contributed by atoms with van der Waals surface area (Å²) in [5.41, 5.74) is 6.89. The van der Waals surface area contributed by atoms with Crippen molar-refractivity contribution in [1.82, 2.24) is 0 Å². The van der Waals surface area contributed by atoms with Crippen molar-refractivity contribution in [2.24, 2.45) is 5.73 Å². The normalized spacial score (nSPS) is 10.1. The van der Waals surface area contributed by atoms with E-state index in [4.69, 9.17) is 17.3 Å². The molecule has 0 fully saturated rings. The van der Waals surface area contributed by atoms with Crippen LogP contribution in [-0.4, -0.2) is 11.7 Å². The first kappa shape index (κ1) is 14.0. The number of carbonyl (C=O) groups excluding carboxylic acids is 2. The van der Waals surface area contributed by atoms with Crippen LogP contribution in [0.5, 0.6) is 0 Å². The lowest BCUT2D eigenvalue weighted by Crippen LogP contribution is -2.12. The lowest BCUT2D eigenvalue weighted by molar-refractivity contribution is -0.112. The molecule has 1 amide bonds. The molecule has 0 aliphatic rings. The maximum Gasteiger partial charge on any atom is 0.248 e. The van der Waals surface area contributed by atoms with Crippen LogP contribution in [0.4, 0.5) is 0 Å². The van der Waals surface area contributed by atoms with Crippen LogP contribution in [0.25, 0.3) is 5.57 Å². The second kappa shape index (κ2) is 5.72. The maximum atomic E-state index is 12.3. The molecule has 0 unspecified atom stereocenters. The molecule has 0 heterocycles. The zero-order valence-electron chi connectivity index (χ0n) is 10.6. The zero-order chi connectivity index (χ0) is 14.7. The summed E-state index contributed by atoms with van der Waals surface area (Å²) in [6.45, 7) is 3.61. The molecule has 0 radical (unpaired) electrons. The number of primary amides is 1. The Labute approximate surface area is 121 Å². The van der Waals surface area contributed by atoms with E-state index in [1.807, 2.05) is 0 Å². The van der Waals surface area contributed by atoms with Crippen molar-refractivity contribution in [2.75, 3.05) is 0 Å². The van der Waals surface area contributed by atoms with Crippen molar-refractivity contribution in [1.29, 1.82) is 0 Å². The van der Waals surface area contributed by atoms with Gasteiger partial charge in [-0.25, -0.2) is 0 Å². The molecule has 0 bridgehead atoms. The van der Waals surface area contributed by atoms with Gasteiger partial charge in [0.1, 0.15) is 0 Å². The number of ketones is 1. The molecular formula is C16H12ClNO2. The number of nitrogens with two attached hydrogens (primary N) is 1. The molecule has 100 valence electrons. The molecule has 0 saturated carbocycles. The molecule has 3 nitrogen and oxygen atoms in total. The van der Waals surface area contributed by atoms with E-state index in [1.54, 1.807) is 48.5 Å². The minimum Gasteiger partial charge on any atom is -0.366 e. The third-order valence-electron chi connectivity index (χ3n) is 2.88. The molecule has 2 aromatic carbocycles. The number of rotatable bonds is 4. The lowest BCUT2D eigenvalue weighted by atomic mass is 9.98. The molecule has 0 aromatic heterocycles. The van der Waals surface area contributed by atoms with Gasteiger partial charge in [0.15, 0.2) is 5.78 Å². The lowest BCUT2D eigenvalue weighted by Gasteiger charge is -2.05. The van der Waals surface area contributed by atoms with Crippen LogP contribution >= 0.6 is 11.6 Å². The quantitative estimate of drug-likeness (QED) is 0.693. The Hall–Kier alpha value is -2.39. The summed E-state index contributed by atoms with van der Waals surface area (Å²) < 4.78 is 0. The van der Waals surface area contributed by atoms with Crippen LogP contribution in [0.3, 0.4) is 0 Å². The van der Waals surface area contributed by atoms with E-state index in [2.05, 4.69) is 6.58 Å². The Morgan fingerprint density at radius 2 is 1.55 bits per heavy atom. The van der Waals surface area contributed by atoms with Crippen molar-refractivity contribution in [2.45, 2.75) is 0 Å². The average molecular weight is 286 g/mol. The number of carbonyl (C=O) groups is 2. The third kappa shape index (κ3) is 2.95. The number of benzene rings is 2. The molecule has 2 rings (SSSR count). The van der Waals surface area contributed by atoms with E-state index in [1.165, 1.54) is 0 Å². The molecule has 2 aromatic rings. The van der Waals surface area contributed by atoms with E-state index in [9.17, 15) is 9.59 Å². The van der Waals surface area contributed by atoms with Crippen LogP contribution in [0.1, 0.15) is 21.5 Å². The van der Waals surface area contributed by atoms with E-state index >= 15 is 0 Å². The molecule has 20 heavy (non-hydrogen) atoms. The van der Waals surface area contributed by atoms with Gasteiger partial charge in [0.25, 0.3) is 0 Å². The molecular weight excluding hydrogens is 274 g/mol. The summed E-state index contributed by atoms with van der Waals surface area (Å²) >= 11 is 5.79.